The monoisotopic (exact) mass is 266 g/mol. The Labute approximate surface area is 115 Å². The fourth-order valence-electron chi connectivity index (χ4n) is 3.21. The normalized spacial score (nSPS) is 20.4. The van der Waals surface area contributed by atoms with Crippen LogP contribution in [0.1, 0.15) is 57.4 Å². The van der Waals surface area contributed by atoms with Crippen molar-refractivity contribution in [2.45, 2.75) is 64.2 Å². The zero-order valence-corrected chi connectivity index (χ0v) is 12.1. The van der Waals surface area contributed by atoms with Crippen LogP contribution in [0.15, 0.2) is 12.4 Å². The van der Waals surface area contributed by atoms with Crippen molar-refractivity contribution < 1.29 is 9.84 Å². The van der Waals surface area contributed by atoms with Crippen LogP contribution in [0.2, 0.25) is 0 Å². The lowest BCUT2D eigenvalue weighted by atomic mass is 9.83. The maximum Gasteiger partial charge on any atom is 0.140 e. The predicted octanol–water partition coefficient (Wildman–Crippen LogP) is 2.92. The first-order valence-electron chi connectivity index (χ1n) is 7.49. The topological polar surface area (TPSA) is 47.3 Å². The van der Waals surface area contributed by atoms with E-state index in [1.165, 1.54) is 19.3 Å². The maximum atomic E-state index is 10.6. The highest BCUT2D eigenvalue weighted by Crippen LogP contribution is 2.33. The summed E-state index contributed by atoms with van der Waals surface area (Å²) >= 11 is 0. The summed E-state index contributed by atoms with van der Waals surface area (Å²) in [7, 11) is 1.70. The number of imidazole rings is 1. The summed E-state index contributed by atoms with van der Waals surface area (Å²) in [6.07, 6.45) is 10.1. The number of hydrogen-bond donors (Lipinski definition) is 1. The van der Waals surface area contributed by atoms with E-state index in [4.69, 9.17) is 4.74 Å². The highest BCUT2D eigenvalue weighted by Gasteiger charge is 2.32. The number of aryl methyl sites for hydroxylation is 1. The molecule has 0 saturated heterocycles. The third-order valence-corrected chi connectivity index (χ3v) is 4.17. The van der Waals surface area contributed by atoms with Gasteiger partial charge in [-0.25, -0.2) is 4.98 Å². The molecule has 0 aliphatic heterocycles. The zero-order valence-electron chi connectivity index (χ0n) is 12.1. The number of rotatable bonds is 6. The molecule has 4 nitrogen and oxygen atoms in total. The molecule has 0 aromatic carbocycles. The number of hydrogen-bond acceptors (Lipinski definition) is 3. The van der Waals surface area contributed by atoms with Crippen LogP contribution in [-0.2, 0) is 11.3 Å². The maximum absolute atomic E-state index is 10.6. The minimum Gasteiger partial charge on any atom is -0.382 e. The highest BCUT2D eigenvalue weighted by atomic mass is 16.5. The van der Waals surface area contributed by atoms with E-state index < -0.39 is 6.10 Å². The molecule has 1 fully saturated rings. The largest absolute Gasteiger partial charge is 0.382 e. The zero-order chi connectivity index (χ0) is 13.7. The Kier molecular flexibility index (Phi) is 5.40. The van der Waals surface area contributed by atoms with Crippen molar-refractivity contribution in [3.8, 4) is 0 Å². The van der Waals surface area contributed by atoms with Gasteiger partial charge in [-0.1, -0.05) is 26.2 Å². The second kappa shape index (κ2) is 7.06. The Morgan fingerprint density at radius 2 is 2.16 bits per heavy atom. The van der Waals surface area contributed by atoms with Crippen molar-refractivity contribution >= 4 is 0 Å². The minimum atomic E-state index is -0.616. The van der Waals surface area contributed by atoms with Gasteiger partial charge in [-0.3, -0.25) is 0 Å². The Balaban J connectivity index is 2.10. The van der Waals surface area contributed by atoms with Crippen LogP contribution in [-0.4, -0.2) is 27.9 Å². The molecule has 0 bridgehead atoms. The molecule has 1 saturated carbocycles. The molecule has 19 heavy (non-hydrogen) atoms. The summed E-state index contributed by atoms with van der Waals surface area (Å²) in [5.41, 5.74) is 0. The van der Waals surface area contributed by atoms with Crippen molar-refractivity contribution in [1.82, 2.24) is 9.55 Å². The van der Waals surface area contributed by atoms with Crippen LogP contribution in [0.3, 0.4) is 0 Å². The average molecular weight is 266 g/mol. The summed E-state index contributed by atoms with van der Waals surface area (Å²) in [4.78, 5) is 4.33. The van der Waals surface area contributed by atoms with Crippen LogP contribution in [0.25, 0.3) is 0 Å². The first kappa shape index (κ1) is 14.5. The van der Waals surface area contributed by atoms with Gasteiger partial charge in [-0.2, -0.15) is 0 Å². The van der Waals surface area contributed by atoms with Crippen molar-refractivity contribution in [3.05, 3.63) is 18.2 Å². The molecule has 4 heteroatoms. The second-order valence-electron chi connectivity index (χ2n) is 5.52. The van der Waals surface area contributed by atoms with E-state index in [1.54, 1.807) is 13.3 Å². The van der Waals surface area contributed by atoms with E-state index in [-0.39, 0.29) is 6.10 Å². The van der Waals surface area contributed by atoms with E-state index >= 15 is 0 Å². The molecule has 0 radical (unpaired) electrons. The third kappa shape index (κ3) is 3.37. The summed E-state index contributed by atoms with van der Waals surface area (Å²) in [5, 5.41) is 10.6. The number of aliphatic hydroxyl groups excluding tert-OH is 1. The van der Waals surface area contributed by atoms with Gasteiger partial charge in [0.2, 0.25) is 0 Å². The van der Waals surface area contributed by atoms with Crippen molar-refractivity contribution in [1.29, 1.82) is 0 Å². The predicted molar refractivity (Wildman–Crippen MR) is 74.8 cm³/mol. The number of aromatic nitrogens is 2. The lowest BCUT2D eigenvalue weighted by Crippen LogP contribution is -2.32. The first-order valence-corrected chi connectivity index (χ1v) is 7.49. The number of methoxy groups -OCH3 is 1. The average Bonchev–Trinajstić information content (AvgIpc) is 2.89. The Morgan fingerprint density at radius 3 is 2.79 bits per heavy atom. The van der Waals surface area contributed by atoms with E-state index in [1.807, 2.05) is 10.8 Å². The van der Waals surface area contributed by atoms with E-state index in [9.17, 15) is 5.11 Å². The molecule has 1 heterocycles. The molecule has 2 unspecified atom stereocenters. The summed E-state index contributed by atoms with van der Waals surface area (Å²) < 4.78 is 7.65. The van der Waals surface area contributed by atoms with Gasteiger partial charge in [-0.05, 0) is 25.2 Å². The standard InChI is InChI=1S/C15H26N2O2/c1-3-10-17-11-9-16-15(17)13(18)14(19-2)12-7-5-4-6-8-12/h9,11-14,18H,3-8,10H2,1-2H3. The van der Waals surface area contributed by atoms with Crippen LogP contribution in [0.5, 0.6) is 0 Å². The van der Waals surface area contributed by atoms with Gasteiger partial charge in [0.05, 0.1) is 6.10 Å². The molecule has 0 amide bonds. The SMILES string of the molecule is CCCn1ccnc1C(O)C(OC)C1CCCCC1. The van der Waals surface area contributed by atoms with Gasteiger partial charge < -0.3 is 14.4 Å². The first-order chi connectivity index (χ1) is 9.27. The third-order valence-electron chi connectivity index (χ3n) is 4.17. The summed E-state index contributed by atoms with van der Waals surface area (Å²) in [6, 6.07) is 0. The fourth-order valence-corrected chi connectivity index (χ4v) is 3.21. The van der Waals surface area contributed by atoms with Crippen molar-refractivity contribution in [3.63, 3.8) is 0 Å². The smallest absolute Gasteiger partial charge is 0.140 e. The van der Waals surface area contributed by atoms with Gasteiger partial charge in [0, 0.05) is 26.0 Å². The van der Waals surface area contributed by atoms with Crippen molar-refractivity contribution in [2.24, 2.45) is 5.92 Å². The van der Waals surface area contributed by atoms with Crippen LogP contribution >= 0.6 is 0 Å². The number of aliphatic hydroxyl groups is 1. The Morgan fingerprint density at radius 1 is 1.42 bits per heavy atom. The molecule has 1 aromatic heterocycles. The Hall–Kier alpha value is -0.870. The lowest BCUT2D eigenvalue weighted by molar-refractivity contribution is -0.0606. The van der Waals surface area contributed by atoms with Crippen molar-refractivity contribution in [2.75, 3.05) is 7.11 Å². The van der Waals surface area contributed by atoms with E-state index in [0.29, 0.717) is 5.92 Å². The number of ether oxygens (including phenoxy) is 1. The van der Waals surface area contributed by atoms with E-state index in [2.05, 4.69) is 11.9 Å². The second-order valence-corrected chi connectivity index (χ2v) is 5.52. The molecule has 1 aromatic rings. The fraction of sp³-hybridized carbons (Fsp3) is 0.800. The van der Waals surface area contributed by atoms with E-state index in [0.717, 1.165) is 31.6 Å². The van der Waals surface area contributed by atoms with Crippen LogP contribution in [0.4, 0.5) is 0 Å². The van der Waals surface area contributed by atoms with Crippen LogP contribution < -0.4 is 0 Å². The molecule has 1 aliphatic carbocycles. The van der Waals surface area contributed by atoms with Crippen LogP contribution in [0, 0.1) is 5.92 Å². The van der Waals surface area contributed by atoms with Gasteiger partial charge >= 0.3 is 0 Å². The molecule has 2 rings (SSSR count). The van der Waals surface area contributed by atoms with Gasteiger partial charge in [-0.15, -0.1) is 0 Å². The molecule has 1 N–H and O–H groups in total. The summed E-state index contributed by atoms with van der Waals surface area (Å²) in [5.74, 6) is 1.21. The minimum absolute atomic E-state index is 0.127. The van der Waals surface area contributed by atoms with Gasteiger partial charge in [0.25, 0.3) is 0 Å². The molecule has 0 spiro atoms. The summed E-state index contributed by atoms with van der Waals surface area (Å²) in [6.45, 7) is 3.03. The number of nitrogens with zero attached hydrogens (tertiary/aromatic N) is 2. The molecule has 108 valence electrons. The molecule has 2 atom stereocenters. The molecule has 1 aliphatic rings. The van der Waals surface area contributed by atoms with Gasteiger partial charge in [0.15, 0.2) is 0 Å². The van der Waals surface area contributed by atoms with Gasteiger partial charge in [0.1, 0.15) is 11.9 Å². The quantitative estimate of drug-likeness (QED) is 0.861. The molecular weight excluding hydrogens is 240 g/mol. The highest BCUT2D eigenvalue weighted by molar-refractivity contribution is 5.00. The lowest BCUT2D eigenvalue weighted by Gasteiger charge is -2.32. The Bertz CT molecular complexity index is 372. The molecular formula is C15H26N2O2.